The van der Waals surface area contributed by atoms with Crippen molar-refractivity contribution in [3.8, 4) is 5.75 Å². The van der Waals surface area contributed by atoms with Crippen LogP contribution in [0.4, 0.5) is 0 Å². The Morgan fingerprint density at radius 2 is 2.06 bits per heavy atom. The summed E-state index contributed by atoms with van der Waals surface area (Å²) in [5.41, 5.74) is 5.07. The van der Waals surface area contributed by atoms with E-state index < -0.39 is 0 Å². The first kappa shape index (κ1) is 14.0. The minimum absolute atomic E-state index is 0.540. The standard InChI is InChI=1S/C14H19N3O/c1-10(2)13(17-15)9-16-12(4)18-14-8-6-5-7-11(14)3/h5-9,17H,1,15H2,2-4H3/b13-9+,16-12?. The number of ether oxygens (including phenoxy) is 1. The molecule has 0 spiro atoms. The molecule has 0 amide bonds. The molecule has 0 aliphatic carbocycles. The number of nitrogens with zero attached hydrogens (tertiary/aromatic N) is 1. The average molecular weight is 245 g/mol. The van der Waals surface area contributed by atoms with Crippen LogP contribution in [-0.2, 0) is 0 Å². The summed E-state index contributed by atoms with van der Waals surface area (Å²) in [5.74, 6) is 6.68. The van der Waals surface area contributed by atoms with E-state index in [1.165, 1.54) is 0 Å². The van der Waals surface area contributed by atoms with Crippen molar-refractivity contribution < 1.29 is 4.74 Å². The molecule has 1 aromatic rings. The van der Waals surface area contributed by atoms with Crippen molar-refractivity contribution >= 4 is 5.90 Å². The molecule has 3 N–H and O–H groups in total. The number of hydrogen-bond donors (Lipinski definition) is 2. The summed E-state index contributed by atoms with van der Waals surface area (Å²) < 4.78 is 5.63. The molecule has 0 atom stereocenters. The highest BCUT2D eigenvalue weighted by Crippen LogP contribution is 2.16. The number of rotatable bonds is 4. The molecule has 0 unspecified atom stereocenters. The highest BCUT2D eigenvalue weighted by molar-refractivity contribution is 5.76. The van der Waals surface area contributed by atoms with Gasteiger partial charge in [-0.15, -0.1) is 0 Å². The van der Waals surface area contributed by atoms with Crippen molar-refractivity contribution in [1.82, 2.24) is 5.43 Å². The zero-order valence-electron chi connectivity index (χ0n) is 11.0. The second kappa shape index (κ2) is 6.61. The molecular formula is C14H19N3O. The predicted molar refractivity (Wildman–Crippen MR) is 75.1 cm³/mol. The van der Waals surface area contributed by atoms with Crippen LogP contribution in [0.5, 0.6) is 5.75 Å². The van der Waals surface area contributed by atoms with E-state index in [-0.39, 0.29) is 0 Å². The van der Waals surface area contributed by atoms with Gasteiger partial charge in [0.1, 0.15) is 5.75 Å². The first-order valence-corrected chi connectivity index (χ1v) is 5.65. The summed E-state index contributed by atoms with van der Waals surface area (Å²) in [6, 6.07) is 7.77. The molecule has 0 heterocycles. The van der Waals surface area contributed by atoms with Crippen LogP contribution in [0.1, 0.15) is 19.4 Å². The fourth-order valence-electron chi connectivity index (χ4n) is 1.28. The Balaban J connectivity index is 2.80. The third kappa shape index (κ3) is 4.07. The minimum atomic E-state index is 0.540. The Bertz CT molecular complexity index is 490. The topological polar surface area (TPSA) is 59.6 Å². The van der Waals surface area contributed by atoms with E-state index in [4.69, 9.17) is 10.6 Å². The number of nitrogens with one attached hydrogen (secondary N) is 1. The van der Waals surface area contributed by atoms with E-state index in [0.29, 0.717) is 11.6 Å². The third-order valence-electron chi connectivity index (χ3n) is 2.34. The van der Waals surface area contributed by atoms with Gasteiger partial charge in [-0.2, -0.15) is 0 Å². The van der Waals surface area contributed by atoms with Gasteiger partial charge >= 0.3 is 0 Å². The number of aliphatic imine (C=N–C) groups is 1. The molecule has 96 valence electrons. The zero-order chi connectivity index (χ0) is 13.5. The first-order valence-electron chi connectivity index (χ1n) is 5.65. The molecule has 4 nitrogen and oxygen atoms in total. The lowest BCUT2D eigenvalue weighted by molar-refractivity contribution is 0.542. The summed E-state index contributed by atoms with van der Waals surface area (Å²) in [4.78, 5) is 4.18. The summed E-state index contributed by atoms with van der Waals surface area (Å²) in [6.07, 6.45) is 1.59. The van der Waals surface area contributed by atoms with Crippen molar-refractivity contribution in [2.45, 2.75) is 20.8 Å². The minimum Gasteiger partial charge on any atom is -0.443 e. The maximum Gasteiger partial charge on any atom is 0.191 e. The van der Waals surface area contributed by atoms with Crippen LogP contribution < -0.4 is 16.0 Å². The Labute approximate surface area is 108 Å². The monoisotopic (exact) mass is 245 g/mol. The van der Waals surface area contributed by atoms with Crippen molar-refractivity contribution in [1.29, 1.82) is 0 Å². The van der Waals surface area contributed by atoms with Crippen molar-refractivity contribution in [3.63, 3.8) is 0 Å². The number of nitrogens with two attached hydrogens (primary N) is 1. The second-order valence-corrected chi connectivity index (χ2v) is 3.98. The van der Waals surface area contributed by atoms with E-state index in [0.717, 1.165) is 16.9 Å². The summed E-state index contributed by atoms with van der Waals surface area (Å²) in [5, 5.41) is 0. The summed E-state index contributed by atoms with van der Waals surface area (Å²) >= 11 is 0. The Hall–Kier alpha value is -2.07. The van der Waals surface area contributed by atoms with Crippen molar-refractivity contribution in [3.05, 3.63) is 53.9 Å². The van der Waals surface area contributed by atoms with Gasteiger partial charge in [0, 0.05) is 6.92 Å². The summed E-state index contributed by atoms with van der Waals surface area (Å²) in [7, 11) is 0. The molecule has 18 heavy (non-hydrogen) atoms. The lowest BCUT2D eigenvalue weighted by Gasteiger charge is -2.07. The van der Waals surface area contributed by atoms with Crippen LogP contribution in [0.3, 0.4) is 0 Å². The van der Waals surface area contributed by atoms with Crippen molar-refractivity contribution in [2.75, 3.05) is 0 Å². The largest absolute Gasteiger partial charge is 0.443 e. The van der Waals surface area contributed by atoms with Crippen LogP contribution in [0, 0.1) is 6.92 Å². The van der Waals surface area contributed by atoms with Crippen LogP contribution in [-0.4, -0.2) is 5.90 Å². The van der Waals surface area contributed by atoms with Crippen LogP contribution in [0.2, 0.25) is 0 Å². The van der Waals surface area contributed by atoms with Crippen LogP contribution >= 0.6 is 0 Å². The predicted octanol–water partition coefficient (Wildman–Crippen LogP) is 2.67. The molecule has 0 aliphatic heterocycles. The van der Waals surface area contributed by atoms with Gasteiger partial charge in [-0.1, -0.05) is 24.8 Å². The van der Waals surface area contributed by atoms with E-state index >= 15 is 0 Å². The molecule has 0 aromatic heterocycles. The fraction of sp³-hybridized carbons (Fsp3) is 0.214. The second-order valence-electron chi connectivity index (χ2n) is 3.98. The van der Waals surface area contributed by atoms with Gasteiger partial charge in [0.05, 0.1) is 11.9 Å². The van der Waals surface area contributed by atoms with Gasteiger partial charge in [0.25, 0.3) is 0 Å². The molecule has 0 bridgehead atoms. The Morgan fingerprint density at radius 3 is 2.61 bits per heavy atom. The normalized spacial score (nSPS) is 12.2. The molecule has 1 aromatic carbocycles. The van der Waals surface area contributed by atoms with Crippen molar-refractivity contribution in [2.24, 2.45) is 10.8 Å². The average Bonchev–Trinajstić information content (AvgIpc) is 2.32. The van der Waals surface area contributed by atoms with Gasteiger partial charge in [0.2, 0.25) is 0 Å². The molecule has 0 radical (unpaired) electrons. The van der Waals surface area contributed by atoms with E-state index in [9.17, 15) is 0 Å². The van der Waals surface area contributed by atoms with Gasteiger partial charge in [-0.3, -0.25) is 5.84 Å². The van der Waals surface area contributed by atoms with E-state index in [1.807, 2.05) is 38.1 Å². The summed E-state index contributed by atoms with van der Waals surface area (Å²) in [6.45, 7) is 9.40. The molecule has 0 aliphatic rings. The lowest BCUT2D eigenvalue weighted by Crippen LogP contribution is -2.21. The molecular weight excluding hydrogens is 226 g/mol. The van der Waals surface area contributed by atoms with Gasteiger partial charge in [0.15, 0.2) is 5.90 Å². The molecule has 0 saturated heterocycles. The number of hydrogen-bond acceptors (Lipinski definition) is 4. The highest BCUT2D eigenvalue weighted by Gasteiger charge is 1.99. The number of aryl methyl sites for hydroxylation is 1. The maximum atomic E-state index is 5.63. The Morgan fingerprint density at radius 1 is 1.39 bits per heavy atom. The third-order valence-corrected chi connectivity index (χ3v) is 2.34. The molecule has 0 saturated carbocycles. The number of allylic oxidation sites excluding steroid dienone is 1. The smallest absolute Gasteiger partial charge is 0.191 e. The molecule has 0 fully saturated rings. The SMILES string of the molecule is C=C(C)/C(=C\N=C(C)Oc1ccccc1C)NN. The maximum absolute atomic E-state index is 5.63. The molecule has 1 rings (SSSR count). The Kier molecular flexibility index (Phi) is 5.14. The van der Waals surface area contributed by atoms with Gasteiger partial charge in [-0.25, -0.2) is 4.99 Å². The van der Waals surface area contributed by atoms with E-state index in [2.05, 4.69) is 17.0 Å². The van der Waals surface area contributed by atoms with Gasteiger partial charge in [-0.05, 0) is 31.1 Å². The van der Waals surface area contributed by atoms with Gasteiger partial charge < -0.3 is 10.2 Å². The lowest BCUT2D eigenvalue weighted by atomic mass is 10.2. The van der Waals surface area contributed by atoms with Crippen LogP contribution in [0.15, 0.2) is 53.3 Å². The number of benzene rings is 1. The fourth-order valence-corrected chi connectivity index (χ4v) is 1.28. The van der Waals surface area contributed by atoms with E-state index in [1.54, 1.807) is 13.1 Å². The first-order chi connectivity index (χ1) is 8.54. The van der Waals surface area contributed by atoms with Crippen LogP contribution in [0.25, 0.3) is 0 Å². The number of para-hydroxylation sites is 1. The number of hydrazine groups is 1. The zero-order valence-corrected chi connectivity index (χ0v) is 11.0. The quantitative estimate of drug-likeness (QED) is 0.282. The molecule has 4 heteroatoms. The highest BCUT2D eigenvalue weighted by atomic mass is 16.5.